The van der Waals surface area contributed by atoms with Gasteiger partial charge in [-0.3, -0.25) is 4.79 Å². The van der Waals surface area contributed by atoms with E-state index in [0.717, 1.165) is 40.8 Å². The molecule has 1 aromatic heterocycles. The summed E-state index contributed by atoms with van der Waals surface area (Å²) < 4.78 is 0. The van der Waals surface area contributed by atoms with Gasteiger partial charge < -0.3 is 10.6 Å². The third kappa shape index (κ3) is 3.72. The highest BCUT2D eigenvalue weighted by atomic mass is 35.5. The molecule has 25 heavy (non-hydrogen) atoms. The Balaban J connectivity index is 1.43. The first-order valence-electron chi connectivity index (χ1n) is 8.23. The van der Waals surface area contributed by atoms with Gasteiger partial charge in [-0.15, -0.1) is 0 Å². The van der Waals surface area contributed by atoms with Crippen molar-refractivity contribution in [2.45, 2.75) is 19.4 Å². The third-order valence-corrected chi connectivity index (χ3v) is 4.46. The molecule has 0 bridgehead atoms. The predicted molar refractivity (Wildman–Crippen MR) is 99.7 cm³/mol. The van der Waals surface area contributed by atoms with Gasteiger partial charge in [0.05, 0.1) is 5.52 Å². The second kappa shape index (κ2) is 6.69. The van der Waals surface area contributed by atoms with E-state index in [0.29, 0.717) is 11.6 Å². The van der Waals surface area contributed by atoms with Crippen LogP contribution in [0.5, 0.6) is 0 Å². The van der Waals surface area contributed by atoms with E-state index in [-0.39, 0.29) is 11.8 Å². The van der Waals surface area contributed by atoms with Crippen LogP contribution >= 0.6 is 11.6 Å². The summed E-state index contributed by atoms with van der Waals surface area (Å²) in [4.78, 5) is 20.3. The number of carbonyl (C=O) groups excluding carboxylic acids is 1. The van der Waals surface area contributed by atoms with Crippen molar-refractivity contribution in [2.24, 2.45) is 5.92 Å². The summed E-state index contributed by atoms with van der Waals surface area (Å²) in [6.45, 7) is 0.631. The minimum Gasteiger partial charge on any atom is -0.365 e. The van der Waals surface area contributed by atoms with Crippen LogP contribution < -0.4 is 10.6 Å². The molecular formula is C19H17ClN4O. The summed E-state index contributed by atoms with van der Waals surface area (Å²) in [5, 5.41) is 7.86. The topological polar surface area (TPSA) is 66.9 Å². The Bertz CT molecular complexity index is 922. The zero-order valence-electron chi connectivity index (χ0n) is 13.5. The summed E-state index contributed by atoms with van der Waals surface area (Å²) in [6, 6.07) is 13.4. The Kier molecular flexibility index (Phi) is 4.24. The summed E-state index contributed by atoms with van der Waals surface area (Å²) in [7, 11) is 0. The molecule has 126 valence electrons. The van der Waals surface area contributed by atoms with E-state index in [2.05, 4.69) is 20.6 Å². The number of aromatic nitrogens is 2. The van der Waals surface area contributed by atoms with Gasteiger partial charge in [-0.1, -0.05) is 23.7 Å². The number of halogens is 1. The van der Waals surface area contributed by atoms with E-state index in [9.17, 15) is 4.79 Å². The van der Waals surface area contributed by atoms with Gasteiger partial charge in [0.25, 0.3) is 0 Å². The summed E-state index contributed by atoms with van der Waals surface area (Å²) in [5.74, 6) is 1.10. The quantitative estimate of drug-likeness (QED) is 0.720. The zero-order chi connectivity index (χ0) is 17.2. The molecule has 1 heterocycles. The van der Waals surface area contributed by atoms with Crippen molar-refractivity contribution < 1.29 is 4.79 Å². The third-order valence-electron chi connectivity index (χ3n) is 4.23. The zero-order valence-corrected chi connectivity index (χ0v) is 14.3. The van der Waals surface area contributed by atoms with Crippen LogP contribution in [-0.4, -0.2) is 15.9 Å². The molecule has 0 atom stereocenters. The SMILES string of the molecule is O=C(Nc1ccc(CNc2ncnc3cc(Cl)ccc23)cc1)C1CC1. The van der Waals surface area contributed by atoms with Crippen molar-refractivity contribution >= 4 is 39.9 Å². The number of nitrogens with one attached hydrogen (secondary N) is 2. The van der Waals surface area contributed by atoms with Gasteiger partial charge in [0, 0.05) is 28.6 Å². The van der Waals surface area contributed by atoms with Crippen molar-refractivity contribution in [3.8, 4) is 0 Å². The smallest absolute Gasteiger partial charge is 0.227 e. The standard InChI is InChI=1S/C19H17ClN4O/c20-14-5-8-16-17(9-14)22-11-23-18(16)21-10-12-1-6-15(7-2-12)24-19(25)13-3-4-13/h1-2,5-9,11,13H,3-4,10H2,(H,24,25)(H,21,22,23). The average Bonchev–Trinajstić information content (AvgIpc) is 3.46. The summed E-state index contributed by atoms with van der Waals surface area (Å²) >= 11 is 6.01. The monoisotopic (exact) mass is 352 g/mol. The molecule has 0 spiro atoms. The fraction of sp³-hybridized carbons (Fsp3) is 0.211. The van der Waals surface area contributed by atoms with Crippen LogP contribution in [-0.2, 0) is 11.3 Å². The molecule has 1 aliphatic carbocycles. The molecule has 3 aromatic rings. The van der Waals surface area contributed by atoms with Gasteiger partial charge in [0.2, 0.25) is 5.91 Å². The lowest BCUT2D eigenvalue weighted by Gasteiger charge is -2.09. The molecule has 1 aliphatic rings. The van der Waals surface area contributed by atoms with E-state index in [1.54, 1.807) is 0 Å². The van der Waals surface area contributed by atoms with Crippen LogP contribution in [0.2, 0.25) is 5.02 Å². The highest BCUT2D eigenvalue weighted by Gasteiger charge is 2.29. The first-order valence-corrected chi connectivity index (χ1v) is 8.61. The largest absolute Gasteiger partial charge is 0.365 e. The number of hydrogen-bond donors (Lipinski definition) is 2. The fourth-order valence-electron chi connectivity index (χ4n) is 2.65. The Morgan fingerprint density at radius 1 is 1.12 bits per heavy atom. The molecule has 1 fully saturated rings. The van der Waals surface area contributed by atoms with Crippen LogP contribution in [0.15, 0.2) is 48.8 Å². The van der Waals surface area contributed by atoms with E-state index in [1.807, 2.05) is 42.5 Å². The number of fused-ring (bicyclic) bond motifs is 1. The van der Waals surface area contributed by atoms with E-state index in [1.165, 1.54) is 6.33 Å². The second-order valence-electron chi connectivity index (χ2n) is 6.20. The van der Waals surface area contributed by atoms with Crippen molar-refractivity contribution in [1.82, 2.24) is 9.97 Å². The van der Waals surface area contributed by atoms with Gasteiger partial charge in [0.1, 0.15) is 12.1 Å². The summed E-state index contributed by atoms with van der Waals surface area (Å²) in [6.07, 6.45) is 3.54. The Morgan fingerprint density at radius 3 is 2.68 bits per heavy atom. The van der Waals surface area contributed by atoms with Crippen molar-refractivity contribution in [3.63, 3.8) is 0 Å². The molecule has 1 saturated carbocycles. The summed E-state index contributed by atoms with van der Waals surface area (Å²) in [5.41, 5.74) is 2.75. The van der Waals surface area contributed by atoms with Crippen LogP contribution in [0.25, 0.3) is 10.9 Å². The first kappa shape index (κ1) is 15.8. The average molecular weight is 353 g/mol. The molecule has 2 N–H and O–H groups in total. The second-order valence-corrected chi connectivity index (χ2v) is 6.63. The Labute approximate surface area is 150 Å². The maximum atomic E-state index is 11.8. The molecule has 0 unspecified atom stereocenters. The van der Waals surface area contributed by atoms with Crippen LogP contribution in [0.1, 0.15) is 18.4 Å². The maximum Gasteiger partial charge on any atom is 0.227 e. The molecule has 6 heteroatoms. The number of benzene rings is 2. The number of anilines is 2. The predicted octanol–water partition coefficient (Wildman–Crippen LogP) is 4.24. The number of carbonyl (C=O) groups is 1. The molecule has 0 aliphatic heterocycles. The molecule has 2 aromatic carbocycles. The van der Waals surface area contributed by atoms with Gasteiger partial charge >= 0.3 is 0 Å². The molecule has 0 saturated heterocycles. The van der Waals surface area contributed by atoms with Crippen LogP contribution in [0.3, 0.4) is 0 Å². The van der Waals surface area contributed by atoms with Crippen LogP contribution in [0, 0.1) is 5.92 Å². The van der Waals surface area contributed by atoms with Crippen LogP contribution in [0.4, 0.5) is 11.5 Å². The molecule has 1 amide bonds. The maximum absolute atomic E-state index is 11.8. The lowest BCUT2D eigenvalue weighted by molar-refractivity contribution is -0.117. The van der Waals surface area contributed by atoms with Crippen molar-refractivity contribution in [2.75, 3.05) is 10.6 Å². The lowest BCUT2D eigenvalue weighted by atomic mass is 10.2. The molecule has 5 nitrogen and oxygen atoms in total. The van der Waals surface area contributed by atoms with E-state index in [4.69, 9.17) is 11.6 Å². The van der Waals surface area contributed by atoms with Crippen molar-refractivity contribution in [1.29, 1.82) is 0 Å². The number of amides is 1. The van der Waals surface area contributed by atoms with E-state index < -0.39 is 0 Å². The fourth-order valence-corrected chi connectivity index (χ4v) is 2.82. The van der Waals surface area contributed by atoms with E-state index >= 15 is 0 Å². The normalized spacial score (nSPS) is 13.6. The Morgan fingerprint density at radius 2 is 1.92 bits per heavy atom. The molecule has 4 rings (SSSR count). The highest BCUT2D eigenvalue weighted by Crippen LogP contribution is 2.30. The lowest BCUT2D eigenvalue weighted by Crippen LogP contribution is -2.13. The van der Waals surface area contributed by atoms with Gasteiger partial charge in [-0.05, 0) is 48.7 Å². The van der Waals surface area contributed by atoms with Gasteiger partial charge in [-0.25, -0.2) is 9.97 Å². The highest BCUT2D eigenvalue weighted by molar-refractivity contribution is 6.31. The number of rotatable bonds is 5. The minimum absolute atomic E-state index is 0.122. The Hall–Kier alpha value is -2.66. The first-order chi connectivity index (χ1) is 12.2. The molecular weight excluding hydrogens is 336 g/mol. The van der Waals surface area contributed by atoms with Crippen molar-refractivity contribution in [3.05, 3.63) is 59.4 Å². The number of nitrogens with zero attached hydrogens (tertiary/aromatic N) is 2. The minimum atomic E-state index is 0.122. The number of hydrogen-bond acceptors (Lipinski definition) is 4. The van der Waals surface area contributed by atoms with Gasteiger partial charge in [-0.2, -0.15) is 0 Å². The molecule has 0 radical (unpaired) electrons. The van der Waals surface area contributed by atoms with Gasteiger partial charge in [0.15, 0.2) is 0 Å².